The lowest BCUT2D eigenvalue weighted by Gasteiger charge is -2.20. The summed E-state index contributed by atoms with van der Waals surface area (Å²) in [5, 5.41) is 10.3. The van der Waals surface area contributed by atoms with E-state index in [4.69, 9.17) is 0 Å². The second-order valence-corrected chi connectivity index (χ2v) is 7.22. The number of carbonyl (C=O) groups excluding carboxylic acids is 1. The first-order valence-corrected chi connectivity index (χ1v) is 10.6. The summed E-state index contributed by atoms with van der Waals surface area (Å²) in [7, 11) is 0. The number of hydrogen-bond acceptors (Lipinski definition) is 3. The lowest BCUT2D eigenvalue weighted by molar-refractivity contribution is 0.240. The number of benzene rings is 2. The molecule has 2 N–H and O–H groups in total. The fourth-order valence-corrected chi connectivity index (χ4v) is 3.34. The fraction of sp³-hybridized carbons (Fsp3) is 0.333. The Morgan fingerprint density at radius 2 is 1.67 bits per heavy atom. The maximum absolute atomic E-state index is 12.2. The van der Waals surface area contributed by atoms with Crippen LogP contribution in [0.25, 0.3) is 5.69 Å². The Kier molecular flexibility index (Phi) is 8.03. The Hall–Kier alpha value is -3.12. The number of urea groups is 1. The van der Waals surface area contributed by atoms with Crippen LogP contribution in [0.4, 0.5) is 4.79 Å². The van der Waals surface area contributed by atoms with Gasteiger partial charge in [-0.1, -0.05) is 56.3 Å². The minimum Gasteiger partial charge on any atom is -0.338 e. The van der Waals surface area contributed by atoms with Gasteiger partial charge in [0.2, 0.25) is 0 Å². The molecule has 0 radical (unpaired) electrons. The van der Waals surface area contributed by atoms with Gasteiger partial charge in [-0.15, -0.1) is 0 Å². The molecule has 6 heteroatoms. The largest absolute Gasteiger partial charge is 0.338 e. The second-order valence-electron chi connectivity index (χ2n) is 7.22. The highest BCUT2D eigenvalue weighted by Gasteiger charge is 2.08. The molecule has 0 saturated carbocycles. The highest BCUT2D eigenvalue weighted by atomic mass is 16.2. The van der Waals surface area contributed by atoms with Crippen LogP contribution in [0, 0.1) is 0 Å². The van der Waals surface area contributed by atoms with E-state index < -0.39 is 0 Å². The monoisotopic (exact) mass is 405 g/mol. The Labute approximate surface area is 178 Å². The molecule has 2 amide bonds. The number of amides is 2. The molecule has 0 fully saturated rings. The van der Waals surface area contributed by atoms with Gasteiger partial charge in [0.25, 0.3) is 0 Å². The van der Waals surface area contributed by atoms with Gasteiger partial charge in [-0.05, 0) is 48.3 Å². The maximum Gasteiger partial charge on any atom is 0.315 e. The SMILES string of the molecule is CCN(CC)Cc1ccccc1CNC(=O)NCCc1cnn(-c2ccccc2)c1. The van der Waals surface area contributed by atoms with Crippen molar-refractivity contribution >= 4 is 6.03 Å². The van der Waals surface area contributed by atoms with E-state index in [2.05, 4.69) is 52.7 Å². The number of nitrogens with zero attached hydrogens (tertiary/aromatic N) is 3. The lowest BCUT2D eigenvalue weighted by Crippen LogP contribution is -2.36. The van der Waals surface area contributed by atoms with Crippen LogP contribution >= 0.6 is 0 Å². The summed E-state index contributed by atoms with van der Waals surface area (Å²) in [6.45, 7) is 8.35. The van der Waals surface area contributed by atoms with E-state index in [1.165, 1.54) is 5.56 Å². The molecule has 0 saturated heterocycles. The van der Waals surface area contributed by atoms with Crippen LogP contribution in [0.5, 0.6) is 0 Å². The number of carbonyl (C=O) groups is 1. The molecule has 0 atom stereocenters. The van der Waals surface area contributed by atoms with E-state index in [1.807, 2.05) is 53.5 Å². The van der Waals surface area contributed by atoms with Crippen LogP contribution in [0.1, 0.15) is 30.5 Å². The normalized spacial score (nSPS) is 10.9. The van der Waals surface area contributed by atoms with Crippen molar-refractivity contribution in [2.45, 2.75) is 33.4 Å². The first-order chi connectivity index (χ1) is 14.7. The van der Waals surface area contributed by atoms with Crippen molar-refractivity contribution < 1.29 is 4.79 Å². The summed E-state index contributed by atoms with van der Waals surface area (Å²) in [5.41, 5.74) is 4.53. The predicted molar refractivity (Wildman–Crippen MR) is 121 cm³/mol. The van der Waals surface area contributed by atoms with Crippen molar-refractivity contribution in [3.05, 3.63) is 83.7 Å². The molecule has 0 aliphatic heterocycles. The molecule has 6 nitrogen and oxygen atoms in total. The van der Waals surface area contributed by atoms with Gasteiger partial charge in [0.1, 0.15) is 0 Å². The summed E-state index contributed by atoms with van der Waals surface area (Å²) in [4.78, 5) is 14.6. The van der Waals surface area contributed by atoms with Gasteiger partial charge in [-0.3, -0.25) is 4.90 Å². The van der Waals surface area contributed by atoms with Crippen molar-refractivity contribution in [3.63, 3.8) is 0 Å². The first-order valence-electron chi connectivity index (χ1n) is 10.6. The number of aromatic nitrogens is 2. The molecular formula is C24H31N5O. The van der Waals surface area contributed by atoms with Gasteiger partial charge >= 0.3 is 6.03 Å². The average molecular weight is 406 g/mol. The van der Waals surface area contributed by atoms with Gasteiger partial charge in [-0.25, -0.2) is 9.48 Å². The average Bonchev–Trinajstić information content (AvgIpc) is 3.26. The Morgan fingerprint density at radius 3 is 2.40 bits per heavy atom. The highest BCUT2D eigenvalue weighted by Crippen LogP contribution is 2.12. The number of nitrogens with one attached hydrogen (secondary N) is 2. The molecular weight excluding hydrogens is 374 g/mol. The van der Waals surface area contributed by atoms with Gasteiger partial charge in [-0.2, -0.15) is 5.10 Å². The molecule has 0 spiro atoms. The molecule has 1 aromatic heterocycles. The Morgan fingerprint density at radius 1 is 0.967 bits per heavy atom. The van der Waals surface area contributed by atoms with E-state index in [0.717, 1.165) is 42.9 Å². The fourth-order valence-electron chi connectivity index (χ4n) is 3.34. The van der Waals surface area contributed by atoms with Crippen molar-refractivity contribution in [2.24, 2.45) is 0 Å². The molecule has 2 aromatic carbocycles. The minimum atomic E-state index is -0.150. The second kappa shape index (κ2) is 11.2. The molecule has 3 aromatic rings. The van der Waals surface area contributed by atoms with Crippen molar-refractivity contribution in [1.82, 2.24) is 25.3 Å². The van der Waals surface area contributed by atoms with E-state index in [9.17, 15) is 4.79 Å². The van der Waals surface area contributed by atoms with Crippen molar-refractivity contribution in [1.29, 1.82) is 0 Å². The van der Waals surface area contributed by atoms with E-state index in [0.29, 0.717) is 13.1 Å². The Balaban J connectivity index is 1.44. The molecule has 1 heterocycles. The smallest absolute Gasteiger partial charge is 0.315 e. The van der Waals surface area contributed by atoms with Crippen LogP contribution < -0.4 is 10.6 Å². The number of para-hydroxylation sites is 1. The van der Waals surface area contributed by atoms with E-state index >= 15 is 0 Å². The third-order valence-electron chi connectivity index (χ3n) is 5.20. The maximum atomic E-state index is 12.2. The quantitative estimate of drug-likeness (QED) is 0.540. The van der Waals surface area contributed by atoms with Gasteiger partial charge in [0.15, 0.2) is 0 Å². The third kappa shape index (κ3) is 6.19. The Bertz CT molecular complexity index is 918. The van der Waals surface area contributed by atoms with Crippen LogP contribution in [0.15, 0.2) is 67.0 Å². The zero-order valence-electron chi connectivity index (χ0n) is 17.8. The topological polar surface area (TPSA) is 62.2 Å². The van der Waals surface area contributed by atoms with Crippen molar-refractivity contribution in [2.75, 3.05) is 19.6 Å². The standard InChI is InChI=1S/C24H31N5O/c1-3-28(4-2)19-22-11-9-8-10-21(22)17-26-24(30)25-15-14-20-16-27-29(18-20)23-12-6-5-7-13-23/h5-13,16,18H,3-4,14-15,17,19H2,1-2H3,(H2,25,26,30). The van der Waals surface area contributed by atoms with Crippen LogP contribution in [-0.4, -0.2) is 40.3 Å². The number of hydrogen-bond donors (Lipinski definition) is 2. The summed E-state index contributed by atoms with van der Waals surface area (Å²) < 4.78 is 1.85. The van der Waals surface area contributed by atoms with E-state index in [-0.39, 0.29) is 6.03 Å². The first kappa shape index (κ1) is 21.6. The molecule has 3 rings (SSSR count). The molecule has 30 heavy (non-hydrogen) atoms. The summed E-state index contributed by atoms with van der Waals surface area (Å²) in [5.74, 6) is 0. The summed E-state index contributed by atoms with van der Waals surface area (Å²) >= 11 is 0. The molecule has 0 unspecified atom stereocenters. The van der Waals surface area contributed by atoms with Gasteiger partial charge in [0.05, 0.1) is 11.9 Å². The van der Waals surface area contributed by atoms with Crippen LogP contribution in [0.2, 0.25) is 0 Å². The molecule has 0 aliphatic carbocycles. The van der Waals surface area contributed by atoms with Crippen molar-refractivity contribution in [3.8, 4) is 5.69 Å². The molecule has 158 valence electrons. The van der Waals surface area contributed by atoms with E-state index in [1.54, 1.807) is 0 Å². The summed E-state index contributed by atoms with van der Waals surface area (Å²) in [6.07, 6.45) is 4.58. The lowest BCUT2D eigenvalue weighted by atomic mass is 10.1. The zero-order valence-corrected chi connectivity index (χ0v) is 17.8. The highest BCUT2D eigenvalue weighted by molar-refractivity contribution is 5.73. The summed E-state index contributed by atoms with van der Waals surface area (Å²) in [6, 6.07) is 18.1. The number of rotatable bonds is 10. The van der Waals surface area contributed by atoms with Crippen LogP contribution in [0.3, 0.4) is 0 Å². The zero-order chi connectivity index (χ0) is 21.2. The van der Waals surface area contributed by atoms with Gasteiger partial charge < -0.3 is 10.6 Å². The molecule has 0 aliphatic rings. The molecule has 0 bridgehead atoms. The third-order valence-corrected chi connectivity index (χ3v) is 5.20. The van der Waals surface area contributed by atoms with Gasteiger partial charge in [0, 0.05) is 25.8 Å². The van der Waals surface area contributed by atoms with Crippen LogP contribution in [-0.2, 0) is 19.5 Å². The predicted octanol–water partition coefficient (Wildman–Crippen LogP) is 3.76. The minimum absolute atomic E-state index is 0.150.